The number of ketones is 1. The number of rotatable bonds is 5. The summed E-state index contributed by atoms with van der Waals surface area (Å²) in [6.45, 7) is 3.70. The number of carbonyl (C=O) groups excluding carboxylic acids is 2. The molecule has 1 aromatic carbocycles. The molecule has 0 aromatic heterocycles. The Bertz CT molecular complexity index is 357. The molecule has 0 atom stereocenters. The van der Waals surface area contributed by atoms with E-state index < -0.39 is 0 Å². The first-order valence-electron chi connectivity index (χ1n) is 4.72. The minimum atomic E-state index is -0.160. The van der Waals surface area contributed by atoms with Crippen molar-refractivity contribution in [3.05, 3.63) is 48.6 Å². The second kappa shape index (κ2) is 5.75. The number of hydrogen-bond donors (Lipinski definition) is 1. The molecule has 0 bridgehead atoms. The van der Waals surface area contributed by atoms with Gasteiger partial charge in [-0.3, -0.25) is 9.59 Å². The van der Waals surface area contributed by atoms with Crippen LogP contribution in [0.5, 0.6) is 0 Å². The number of nitrogens with one attached hydrogen (secondary N) is 1. The van der Waals surface area contributed by atoms with Crippen LogP contribution in [0.4, 0.5) is 0 Å². The van der Waals surface area contributed by atoms with Gasteiger partial charge in [-0.15, -0.1) is 0 Å². The van der Waals surface area contributed by atoms with Crippen LogP contribution in [0, 0.1) is 0 Å². The van der Waals surface area contributed by atoms with E-state index in [1.807, 2.05) is 6.07 Å². The molecule has 3 nitrogen and oxygen atoms in total. The van der Waals surface area contributed by atoms with Crippen LogP contribution in [0.3, 0.4) is 0 Å². The van der Waals surface area contributed by atoms with Crippen LogP contribution in [0.25, 0.3) is 0 Å². The molecule has 0 unspecified atom stereocenters. The van der Waals surface area contributed by atoms with Gasteiger partial charge in [-0.1, -0.05) is 24.8 Å². The molecule has 78 valence electrons. The molecule has 0 aliphatic heterocycles. The van der Waals surface area contributed by atoms with Crippen LogP contribution in [0.1, 0.15) is 16.8 Å². The topological polar surface area (TPSA) is 46.2 Å². The lowest BCUT2D eigenvalue weighted by atomic mass is 10.2. The van der Waals surface area contributed by atoms with E-state index in [4.69, 9.17) is 0 Å². The van der Waals surface area contributed by atoms with Crippen LogP contribution in [-0.4, -0.2) is 18.2 Å². The predicted molar refractivity (Wildman–Crippen MR) is 58.6 cm³/mol. The average molecular weight is 203 g/mol. The second-order valence-corrected chi connectivity index (χ2v) is 3.04. The van der Waals surface area contributed by atoms with Crippen molar-refractivity contribution in [1.29, 1.82) is 0 Å². The summed E-state index contributed by atoms with van der Waals surface area (Å²) in [5.74, 6) is -0.226. The number of hydrogen-bond acceptors (Lipinski definition) is 2. The Balaban J connectivity index is 2.37. The SMILES string of the molecule is C=CC(=O)CCNC(=O)c1ccccc1. The van der Waals surface area contributed by atoms with E-state index >= 15 is 0 Å². The monoisotopic (exact) mass is 203 g/mol. The lowest BCUT2D eigenvalue weighted by Crippen LogP contribution is -2.25. The second-order valence-electron chi connectivity index (χ2n) is 3.04. The normalized spacial score (nSPS) is 9.33. The highest BCUT2D eigenvalue weighted by molar-refractivity contribution is 5.94. The number of amides is 1. The Morgan fingerprint density at radius 3 is 2.53 bits per heavy atom. The van der Waals surface area contributed by atoms with Crippen molar-refractivity contribution in [1.82, 2.24) is 5.32 Å². The van der Waals surface area contributed by atoms with Gasteiger partial charge in [0.05, 0.1) is 0 Å². The maximum Gasteiger partial charge on any atom is 0.251 e. The molecule has 0 fully saturated rings. The summed E-state index contributed by atoms with van der Waals surface area (Å²) in [7, 11) is 0. The highest BCUT2D eigenvalue weighted by Gasteiger charge is 2.03. The summed E-state index contributed by atoms with van der Waals surface area (Å²) in [4.78, 5) is 22.3. The first-order chi connectivity index (χ1) is 7.24. The molecule has 0 aliphatic rings. The third kappa shape index (κ3) is 3.77. The van der Waals surface area contributed by atoms with Crippen LogP contribution in [0.15, 0.2) is 43.0 Å². The zero-order chi connectivity index (χ0) is 11.1. The minimum absolute atomic E-state index is 0.0663. The van der Waals surface area contributed by atoms with Crippen LogP contribution >= 0.6 is 0 Å². The lowest BCUT2D eigenvalue weighted by molar-refractivity contribution is -0.114. The molecule has 15 heavy (non-hydrogen) atoms. The summed E-state index contributed by atoms with van der Waals surface area (Å²) in [6, 6.07) is 8.89. The van der Waals surface area contributed by atoms with Crippen molar-refractivity contribution in [2.75, 3.05) is 6.54 Å². The zero-order valence-electron chi connectivity index (χ0n) is 8.40. The molecule has 1 N–H and O–H groups in total. The molecule has 0 spiro atoms. The van der Waals surface area contributed by atoms with Crippen molar-refractivity contribution in [2.45, 2.75) is 6.42 Å². The molecule has 1 rings (SSSR count). The molecular formula is C12H13NO2. The van der Waals surface area contributed by atoms with Gasteiger partial charge in [0.15, 0.2) is 5.78 Å². The summed E-state index contributed by atoms with van der Waals surface area (Å²) >= 11 is 0. The van der Waals surface area contributed by atoms with Crippen LogP contribution in [0.2, 0.25) is 0 Å². The highest BCUT2D eigenvalue weighted by Crippen LogP contribution is 1.97. The van der Waals surface area contributed by atoms with E-state index in [0.717, 1.165) is 0 Å². The lowest BCUT2D eigenvalue weighted by Gasteiger charge is -2.02. The molecular weight excluding hydrogens is 190 g/mol. The molecule has 1 aromatic rings. The molecule has 0 saturated heterocycles. The van der Waals surface area contributed by atoms with Crippen molar-refractivity contribution in [3.63, 3.8) is 0 Å². The Labute approximate surface area is 88.8 Å². The van der Waals surface area contributed by atoms with Gasteiger partial charge in [-0.2, -0.15) is 0 Å². The van der Waals surface area contributed by atoms with Gasteiger partial charge in [0, 0.05) is 18.5 Å². The summed E-state index contributed by atoms with van der Waals surface area (Å²) in [6.07, 6.45) is 1.55. The van der Waals surface area contributed by atoms with Gasteiger partial charge in [-0.25, -0.2) is 0 Å². The zero-order valence-corrected chi connectivity index (χ0v) is 8.40. The first kappa shape index (κ1) is 11.2. The number of benzene rings is 1. The molecule has 0 aliphatic carbocycles. The first-order valence-corrected chi connectivity index (χ1v) is 4.72. The fraction of sp³-hybridized carbons (Fsp3) is 0.167. The fourth-order valence-electron chi connectivity index (χ4n) is 1.09. The minimum Gasteiger partial charge on any atom is -0.352 e. The molecule has 1 amide bonds. The Hall–Kier alpha value is -1.90. The van der Waals surface area contributed by atoms with Crippen LogP contribution in [-0.2, 0) is 4.79 Å². The van der Waals surface area contributed by atoms with E-state index in [1.54, 1.807) is 24.3 Å². The van der Waals surface area contributed by atoms with Gasteiger partial charge in [-0.05, 0) is 18.2 Å². The molecule has 0 saturated carbocycles. The van der Waals surface area contributed by atoms with Crippen molar-refractivity contribution >= 4 is 11.7 Å². The summed E-state index contributed by atoms with van der Waals surface area (Å²) in [5, 5.41) is 2.66. The summed E-state index contributed by atoms with van der Waals surface area (Å²) < 4.78 is 0. The van der Waals surface area contributed by atoms with Gasteiger partial charge < -0.3 is 5.32 Å². The van der Waals surface area contributed by atoms with Crippen molar-refractivity contribution < 1.29 is 9.59 Å². The van der Waals surface area contributed by atoms with Crippen molar-refractivity contribution in [2.24, 2.45) is 0 Å². The largest absolute Gasteiger partial charge is 0.352 e. The Morgan fingerprint density at radius 1 is 1.27 bits per heavy atom. The van der Waals surface area contributed by atoms with Gasteiger partial charge in [0.25, 0.3) is 5.91 Å². The third-order valence-corrected chi connectivity index (χ3v) is 1.92. The Morgan fingerprint density at radius 2 is 1.93 bits per heavy atom. The van der Waals surface area contributed by atoms with E-state index in [2.05, 4.69) is 11.9 Å². The quantitative estimate of drug-likeness (QED) is 0.738. The van der Waals surface area contributed by atoms with Gasteiger partial charge >= 0.3 is 0 Å². The van der Waals surface area contributed by atoms with E-state index in [0.29, 0.717) is 18.5 Å². The fourth-order valence-corrected chi connectivity index (χ4v) is 1.09. The van der Waals surface area contributed by atoms with E-state index in [9.17, 15) is 9.59 Å². The number of carbonyl (C=O) groups is 2. The van der Waals surface area contributed by atoms with Crippen molar-refractivity contribution in [3.8, 4) is 0 Å². The summed E-state index contributed by atoms with van der Waals surface area (Å²) in [5.41, 5.74) is 0.601. The maximum atomic E-state index is 11.5. The Kier molecular flexibility index (Phi) is 4.29. The van der Waals surface area contributed by atoms with E-state index in [-0.39, 0.29) is 11.7 Å². The highest BCUT2D eigenvalue weighted by atomic mass is 16.1. The maximum absolute atomic E-state index is 11.5. The standard InChI is InChI=1S/C12H13NO2/c1-2-11(14)8-9-13-12(15)10-6-4-3-5-7-10/h2-7H,1,8-9H2,(H,13,15). The van der Waals surface area contributed by atoms with Gasteiger partial charge in [0.2, 0.25) is 0 Å². The third-order valence-electron chi connectivity index (χ3n) is 1.92. The average Bonchev–Trinajstić information content (AvgIpc) is 2.29. The molecule has 0 heterocycles. The smallest absolute Gasteiger partial charge is 0.251 e. The molecule has 0 radical (unpaired) electrons. The predicted octanol–water partition coefficient (Wildman–Crippen LogP) is 1.56. The van der Waals surface area contributed by atoms with E-state index in [1.165, 1.54) is 6.08 Å². The molecule has 3 heteroatoms. The number of allylic oxidation sites excluding steroid dienone is 1. The van der Waals surface area contributed by atoms with Crippen LogP contribution < -0.4 is 5.32 Å². The van der Waals surface area contributed by atoms with Gasteiger partial charge in [0.1, 0.15) is 0 Å².